The Balaban J connectivity index is 1.48. The van der Waals surface area contributed by atoms with Crippen LogP contribution in [-0.2, 0) is 22.4 Å². The number of carbonyl (C=O) groups excluding carboxylic acids is 3. The predicted octanol–water partition coefficient (Wildman–Crippen LogP) is 2.24. The highest BCUT2D eigenvalue weighted by Crippen LogP contribution is 2.23. The van der Waals surface area contributed by atoms with Crippen LogP contribution in [0.25, 0.3) is 0 Å². The number of Topliss-reactive ketones (excluding diaryl/α,β-unsaturated/α-hetero) is 1. The van der Waals surface area contributed by atoms with Gasteiger partial charge >= 0.3 is 5.97 Å². The molecule has 0 heterocycles. The molecule has 1 aliphatic carbocycles. The van der Waals surface area contributed by atoms with Crippen molar-refractivity contribution in [2.45, 2.75) is 19.3 Å². The first kappa shape index (κ1) is 19.2. The Morgan fingerprint density at radius 1 is 1.04 bits per heavy atom. The highest BCUT2D eigenvalue weighted by molar-refractivity contribution is 5.99. The Bertz CT molecular complexity index is 953. The van der Waals surface area contributed by atoms with Crippen LogP contribution in [0.5, 0.6) is 0 Å². The Hall–Kier alpha value is -3.55. The lowest BCUT2D eigenvalue weighted by Crippen LogP contribution is -2.31. The van der Waals surface area contributed by atoms with Gasteiger partial charge in [0, 0.05) is 23.3 Å². The smallest absolute Gasteiger partial charge is 0.325 e. The van der Waals surface area contributed by atoms with Gasteiger partial charge in [0.2, 0.25) is 0 Å². The average Bonchev–Trinajstić information content (AvgIpc) is 3.18. The van der Waals surface area contributed by atoms with E-state index < -0.39 is 30.0 Å². The molecule has 28 heavy (non-hydrogen) atoms. The number of nitro groups is 1. The molecule has 1 amide bonds. The maximum absolute atomic E-state index is 12.2. The molecule has 0 bridgehead atoms. The van der Waals surface area contributed by atoms with Crippen molar-refractivity contribution in [3.63, 3.8) is 0 Å². The summed E-state index contributed by atoms with van der Waals surface area (Å²) >= 11 is 0. The molecule has 0 atom stereocenters. The van der Waals surface area contributed by atoms with Crippen molar-refractivity contribution in [3.05, 3.63) is 74.8 Å². The molecule has 0 aliphatic heterocycles. The third-order valence-corrected chi connectivity index (χ3v) is 4.50. The number of amides is 1. The van der Waals surface area contributed by atoms with Gasteiger partial charge in [-0.15, -0.1) is 0 Å². The number of ether oxygens (including phenoxy) is 1. The fraction of sp³-hybridized carbons (Fsp3) is 0.250. The summed E-state index contributed by atoms with van der Waals surface area (Å²) in [6.45, 7) is -0.858. The first-order valence-corrected chi connectivity index (χ1v) is 8.77. The van der Waals surface area contributed by atoms with E-state index in [-0.39, 0.29) is 17.0 Å². The third-order valence-electron chi connectivity index (χ3n) is 4.50. The number of ketones is 1. The Kier molecular flexibility index (Phi) is 5.78. The number of aryl methyl sites for hydroxylation is 2. The molecule has 0 aromatic heterocycles. The minimum absolute atomic E-state index is 0.0521. The largest absolute Gasteiger partial charge is 0.456 e. The molecular formula is C20H18N2O6. The van der Waals surface area contributed by atoms with E-state index in [4.69, 9.17) is 4.74 Å². The van der Waals surface area contributed by atoms with Gasteiger partial charge in [-0.1, -0.05) is 18.2 Å². The van der Waals surface area contributed by atoms with Gasteiger partial charge in [-0.2, -0.15) is 0 Å². The normalized spacial score (nSPS) is 12.1. The standard InChI is InChI=1S/C20H18N2O6/c23-18(15-8-7-13-3-1-4-14(13)9-15)12-28-19(24)11-21-20(25)16-5-2-6-17(10-16)22(26)27/h2,5-10H,1,3-4,11-12H2,(H,21,25). The van der Waals surface area contributed by atoms with Crippen LogP contribution in [0.15, 0.2) is 42.5 Å². The summed E-state index contributed by atoms with van der Waals surface area (Å²) in [6.07, 6.45) is 3.04. The van der Waals surface area contributed by atoms with Crippen molar-refractivity contribution in [3.8, 4) is 0 Å². The van der Waals surface area contributed by atoms with Crippen LogP contribution in [0.1, 0.15) is 38.3 Å². The summed E-state index contributed by atoms with van der Waals surface area (Å²) in [6, 6.07) is 10.6. The second kappa shape index (κ2) is 8.43. The van der Waals surface area contributed by atoms with Gasteiger partial charge in [0.1, 0.15) is 6.54 Å². The van der Waals surface area contributed by atoms with Crippen molar-refractivity contribution < 1.29 is 24.0 Å². The van der Waals surface area contributed by atoms with Crippen molar-refractivity contribution in [2.75, 3.05) is 13.2 Å². The van der Waals surface area contributed by atoms with Crippen molar-refractivity contribution in [1.82, 2.24) is 5.32 Å². The van der Waals surface area contributed by atoms with Crippen LogP contribution < -0.4 is 5.32 Å². The topological polar surface area (TPSA) is 116 Å². The van der Waals surface area contributed by atoms with E-state index in [0.717, 1.165) is 30.9 Å². The first-order valence-electron chi connectivity index (χ1n) is 8.77. The number of nitrogens with zero attached hydrogens (tertiary/aromatic N) is 1. The van der Waals surface area contributed by atoms with E-state index in [1.807, 2.05) is 12.1 Å². The molecule has 0 saturated heterocycles. The van der Waals surface area contributed by atoms with E-state index >= 15 is 0 Å². The number of hydrogen-bond donors (Lipinski definition) is 1. The summed E-state index contributed by atoms with van der Waals surface area (Å²) in [7, 11) is 0. The SMILES string of the molecule is O=C(CNC(=O)c1cccc([N+](=O)[O-])c1)OCC(=O)c1ccc2c(c1)CCC2. The van der Waals surface area contributed by atoms with Crippen molar-refractivity contribution in [1.29, 1.82) is 0 Å². The van der Waals surface area contributed by atoms with Crippen LogP contribution in [0.3, 0.4) is 0 Å². The van der Waals surface area contributed by atoms with Crippen LogP contribution >= 0.6 is 0 Å². The molecule has 144 valence electrons. The number of hydrogen-bond acceptors (Lipinski definition) is 6. The molecule has 2 aromatic carbocycles. The quantitative estimate of drug-likeness (QED) is 0.340. The summed E-state index contributed by atoms with van der Waals surface area (Å²) in [5.41, 5.74) is 2.72. The van der Waals surface area contributed by atoms with Gasteiger partial charge in [0.25, 0.3) is 11.6 Å². The fourth-order valence-corrected chi connectivity index (χ4v) is 3.04. The molecule has 3 rings (SSSR count). The van der Waals surface area contributed by atoms with Gasteiger partial charge in [-0.3, -0.25) is 24.5 Å². The lowest BCUT2D eigenvalue weighted by atomic mass is 10.0. The van der Waals surface area contributed by atoms with Crippen LogP contribution in [-0.4, -0.2) is 35.7 Å². The zero-order valence-electron chi connectivity index (χ0n) is 15.0. The second-order valence-corrected chi connectivity index (χ2v) is 6.41. The molecule has 2 aromatic rings. The fourth-order valence-electron chi connectivity index (χ4n) is 3.04. The van der Waals surface area contributed by atoms with Crippen LogP contribution in [0.4, 0.5) is 5.69 Å². The minimum atomic E-state index is -0.770. The van der Waals surface area contributed by atoms with E-state index in [0.29, 0.717) is 5.56 Å². The molecule has 0 saturated carbocycles. The molecule has 0 unspecified atom stereocenters. The zero-order chi connectivity index (χ0) is 20.1. The number of carbonyl (C=O) groups is 3. The lowest BCUT2D eigenvalue weighted by Gasteiger charge is -2.07. The average molecular weight is 382 g/mol. The van der Waals surface area contributed by atoms with Crippen LogP contribution in [0.2, 0.25) is 0 Å². The first-order chi connectivity index (χ1) is 13.4. The zero-order valence-corrected chi connectivity index (χ0v) is 15.0. The molecule has 8 heteroatoms. The second-order valence-electron chi connectivity index (χ2n) is 6.41. The number of rotatable bonds is 7. The lowest BCUT2D eigenvalue weighted by molar-refractivity contribution is -0.384. The van der Waals surface area contributed by atoms with Crippen molar-refractivity contribution >= 4 is 23.3 Å². The summed E-state index contributed by atoms with van der Waals surface area (Å²) in [5, 5.41) is 13.1. The van der Waals surface area contributed by atoms with E-state index in [1.54, 1.807) is 6.07 Å². The highest BCUT2D eigenvalue weighted by Gasteiger charge is 2.16. The van der Waals surface area contributed by atoms with Crippen molar-refractivity contribution in [2.24, 2.45) is 0 Å². The highest BCUT2D eigenvalue weighted by atomic mass is 16.6. The molecule has 0 fully saturated rings. The maximum Gasteiger partial charge on any atom is 0.325 e. The van der Waals surface area contributed by atoms with Gasteiger partial charge in [0.15, 0.2) is 12.4 Å². The molecule has 8 nitrogen and oxygen atoms in total. The number of benzene rings is 2. The summed E-state index contributed by atoms with van der Waals surface area (Å²) in [5.74, 6) is -1.73. The molecular weight excluding hydrogens is 364 g/mol. The van der Waals surface area contributed by atoms with Gasteiger partial charge in [-0.25, -0.2) is 0 Å². The third kappa shape index (κ3) is 4.59. The molecule has 0 radical (unpaired) electrons. The van der Waals surface area contributed by atoms with E-state index in [2.05, 4.69) is 5.32 Å². The summed E-state index contributed by atoms with van der Waals surface area (Å²) in [4.78, 5) is 46.1. The number of nitro benzene ring substituents is 1. The number of nitrogens with one attached hydrogen (secondary N) is 1. The number of non-ortho nitro benzene ring substituents is 1. The maximum atomic E-state index is 12.2. The monoisotopic (exact) mass is 382 g/mol. The minimum Gasteiger partial charge on any atom is -0.456 e. The Morgan fingerprint density at radius 3 is 2.61 bits per heavy atom. The summed E-state index contributed by atoms with van der Waals surface area (Å²) < 4.78 is 4.91. The Morgan fingerprint density at radius 2 is 1.82 bits per heavy atom. The van der Waals surface area contributed by atoms with Gasteiger partial charge in [-0.05, 0) is 42.5 Å². The van der Waals surface area contributed by atoms with Gasteiger partial charge in [0.05, 0.1) is 4.92 Å². The Labute approximate surface area is 160 Å². The van der Waals surface area contributed by atoms with E-state index in [1.165, 1.54) is 23.8 Å². The van der Waals surface area contributed by atoms with E-state index in [9.17, 15) is 24.5 Å². The number of esters is 1. The molecule has 1 aliphatic rings. The molecule has 1 N–H and O–H groups in total. The molecule has 0 spiro atoms. The predicted molar refractivity (Wildman–Crippen MR) is 99.2 cm³/mol. The van der Waals surface area contributed by atoms with Crippen LogP contribution in [0, 0.1) is 10.1 Å². The number of fused-ring (bicyclic) bond motifs is 1. The van der Waals surface area contributed by atoms with Gasteiger partial charge < -0.3 is 10.1 Å².